The van der Waals surface area contributed by atoms with Crippen molar-refractivity contribution in [2.75, 3.05) is 20.2 Å². The van der Waals surface area contributed by atoms with E-state index in [1.165, 1.54) is 0 Å². The molecule has 0 spiro atoms. The second-order valence-electron chi connectivity index (χ2n) is 5.89. The molecule has 0 saturated carbocycles. The van der Waals surface area contributed by atoms with Crippen LogP contribution in [-0.2, 0) is 0 Å². The number of hydrogen-bond acceptors (Lipinski definition) is 4. The molecular weight excluding hydrogens is 292 g/mol. The van der Waals surface area contributed by atoms with Gasteiger partial charge in [-0.25, -0.2) is 4.68 Å². The molecule has 0 radical (unpaired) electrons. The molecule has 1 aromatic heterocycles. The molecular formula is C17H22N4O2. The van der Waals surface area contributed by atoms with Crippen LogP contribution in [0.2, 0.25) is 0 Å². The minimum Gasteiger partial charge on any atom is -0.497 e. The van der Waals surface area contributed by atoms with Crippen molar-refractivity contribution in [2.24, 2.45) is 5.92 Å². The van der Waals surface area contributed by atoms with Gasteiger partial charge in [0.15, 0.2) is 5.69 Å². The number of ether oxygens (including phenoxy) is 1. The molecule has 1 fully saturated rings. The number of methoxy groups -OCH3 is 1. The second kappa shape index (κ2) is 6.83. The van der Waals surface area contributed by atoms with Gasteiger partial charge in [-0.15, -0.1) is 0 Å². The number of hydrogen-bond donors (Lipinski definition) is 2. The fourth-order valence-electron chi connectivity index (χ4n) is 2.75. The van der Waals surface area contributed by atoms with Gasteiger partial charge in [0.25, 0.3) is 5.91 Å². The lowest BCUT2D eigenvalue weighted by Crippen LogP contribution is -2.50. The number of carbonyl (C=O) groups excluding carboxylic acids is 1. The Kier molecular flexibility index (Phi) is 4.62. The first kappa shape index (κ1) is 15.6. The van der Waals surface area contributed by atoms with Gasteiger partial charge in [0.05, 0.1) is 12.8 Å². The van der Waals surface area contributed by atoms with Crippen LogP contribution in [0.3, 0.4) is 0 Å². The minimum absolute atomic E-state index is 0.127. The molecule has 2 aromatic rings. The zero-order valence-corrected chi connectivity index (χ0v) is 13.5. The average Bonchev–Trinajstić information content (AvgIpc) is 3.07. The summed E-state index contributed by atoms with van der Waals surface area (Å²) in [6.07, 6.45) is 2.87. The van der Waals surface area contributed by atoms with E-state index in [-0.39, 0.29) is 11.9 Å². The van der Waals surface area contributed by atoms with E-state index in [1.807, 2.05) is 24.3 Å². The fraction of sp³-hybridized carbons (Fsp3) is 0.412. The van der Waals surface area contributed by atoms with Crippen LogP contribution >= 0.6 is 0 Å². The molecule has 2 N–H and O–H groups in total. The summed E-state index contributed by atoms with van der Waals surface area (Å²) in [7, 11) is 1.63. The summed E-state index contributed by atoms with van der Waals surface area (Å²) in [5.41, 5.74) is 1.32. The molecule has 1 aliphatic heterocycles. The first-order valence-corrected chi connectivity index (χ1v) is 7.89. The summed E-state index contributed by atoms with van der Waals surface area (Å²) in [4.78, 5) is 12.4. The van der Waals surface area contributed by atoms with Crippen molar-refractivity contribution in [2.45, 2.75) is 19.4 Å². The zero-order valence-electron chi connectivity index (χ0n) is 13.5. The maximum atomic E-state index is 12.4. The molecule has 3 rings (SSSR count). The third-order valence-electron chi connectivity index (χ3n) is 4.30. The Hall–Kier alpha value is -2.34. The molecule has 1 aliphatic rings. The summed E-state index contributed by atoms with van der Waals surface area (Å²) in [5.74, 6) is 1.14. The quantitative estimate of drug-likeness (QED) is 0.900. The van der Waals surface area contributed by atoms with Gasteiger partial charge in [-0.3, -0.25) is 4.79 Å². The van der Waals surface area contributed by atoms with Crippen molar-refractivity contribution in [3.63, 3.8) is 0 Å². The minimum atomic E-state index is -0.127. The van der Waals surface area contributed by atoms with Crippen LogP contribution in [0.5, 0.6) is 5.75 Å². The molecule has 1 amide bonds. The van der Waals surface area contributed by atoms with E-state index in [4.69, 9.17) is 4.74 Å². The van der Waals surface area contributed by atoms with Crippen LogP contribution in [0.25, 0.3) is 5.69 Å². The van der Waals surface area contributed by atoms with Crippen molar-refractivity contribution < 1.29 is 9.53 Å². The lowest BCUT2D eigenvalue weighted by molar-refractivity contribution is 0.0909. The predicted molar refractivity (Wildman–Crippen MR) is 88.0 cm³/mol. The molecule has 6 heteroatoms. The van der Waals surface area contributed by atoms with Gasteiger partial charge in [-0.2, -0.15) is 5.10 Å². The number of piperidine rings is 1. The SMILES string of the molecule is COc1ccc(-n2ccc(C(=O)NC3CNCCC3C)n2)cc1. The van der Waals surface area contributed by atoms with Crippen molar-refractivity contribution >= 4 is 5.91 Å². The van der Waals surface area contributed by atoms with Gasteiger partial charge in [-0.05, 0) is 49.2 Å². The van der Waals surface area contributed by atoms with Crippen molar-refractivity contribution in [3.05, 3.63) is 42.2 Å². The number of amides is 1. The maximum absolute atomic E-state index is 12.4. The normalized spacial score (nSPS) is 21.0. The van der Waals surface area contributed by atoms with Crippen molar-refractivity contribution in [1.29, 1.82) is 0 Å². The third-order valence-corrected chi connectivity index (χ3v) is 4.30. The smallest absolute Gasteiger partial charge is 0.272 e. The van der Waals surface area contributed by atoms with Crippen LogP contribution < -0.4 is 15.4 Å². The largest absolute Gasteiger partial charge is 0.497 e. The lowest BCUT2D eigenvalue weighted by atomic mass is 9.95. The molecule has 2 heterocycles. The fourth-order valence-corrected chi connectivity index (χ4v) is 2.75. The molecule has 122 valence electrons. The average molecular weight is 314 g/mol. The number of aromatic nitrogens is 2. The van der Waals surface area contributed by atoms with E-state index >= 15 is 0 Å². The Morgan fingerprint density at radius 1 is 1.35 bits per heavy atom. The Morgan fingerprint density at radius 2 is 2.13 bits per heavy atom. The number of carbonyl (C=O) groups is 1. The number of nitrogens with zero attached hydrogens (tertiary/aromatic N) is 2. The van der Waals surface area contributed by atoms with Crippen LogP contribution in [0.1, 0.15) is 23.8 Å². The Morgan fingerprint density at radius 3 is 2.83 bits per heavy atom. The topological polar surface area (TPSA) is 68.2 Å². The molecule has 2 atom stereocenters. The highest BCUT2D eigenvalue weighted by atomic mass is 16.5. The standard InChI is InChI=1S/C17H22N4O2/c1-12-7-9-18-11-16(12)19-17(22)15-8-10-21(20-15)13-3-5-14(23-2)6-4-13/h3-6,8,10,12,16,18H,7,9,11H2,1-2H3,(H,19,22). The van der Waals surface area contributed by atoms with Crippen LogP contribution in [0, 0.1) is 5.92 Å². The Balaban J connectivity index is 1.69. The summed E-state index contributed by atoms with van der Waals surface area (Å²) < 4.78 is 6.83. The van der Waals surface area contributed by atoms with Crippen molar-refractivity contribution in [1.82, 2.24) is 20.4 Å². The molecule has 6 nitrogen and oxygen atoms in total. The van der Waals surface area contributed by atoms with E-state index in [9.17, 15) is 4.79 Å². The predicted octanol–water partition coefficient (Wildman–Crippen LogP) is 1.61. The van der Waals surface area contributed by atoms with Crippen molar-refractivity contribution in [3.8, 4) is 11.4 Å². The molecule has 1 aromatic carbocycles. The van der Waals surface area contributed by atoms with E-state index in [1.54, 1.807) is 24.1 Å². The monoisotopic (exact) mass is 314 g/mol. The Labute approximate surface area is 135 Å². The second-order valence-corrected chi connectivity index (χ2v) is 5.89. The lowest BCUT2D eigenvalue weighted by Gasteiger charge is -2.29. The first-order chi connectivity index (χ1) is 11.2. The van der Waals surface area contributed by atoms with E-state index < -0.39 is 0 Å². The highest BCUT2D eigenvalue weighted by molar-refractivity contribution is 5.92. The summed E-state index contributed by atoms with van der Waals surface area (Å²) in [6, 6.07) is 9.43. The highest BCUT2D eigenvalue weighted by Crippen LogP contribution is 2.15. The maximum Gasteiger partial charge on any atom is 0.272 e. The molecule has 2 unspecified atom stereocenters. The summed E-state index contributed by atoms with van der Waals surface area (Å²) in [5, 5.41) is 10.8. The van der Waals surface area contributed by atoms with Crippen LogP contribution in [0.15, 0.2) is 36.5 Å². The molecule has 0 bridgehead atoms. The first-order valence-electron chi connectivity index (χ1n) is 7.89. The highest BCUT2D eigenvalue weighted by Gasteiger charge is 2.23. The zero-order chi connectivity index (χ0) is 16.2. The van der Waals surface area contributed by atoms with E-state index in [0.717, 1.165) is 30.9 Å². The molecule has 1 saturated heterocycles. The van der Waals surface area contributed by atoms with Gasteiger partial charge in [0.2, 0.25) is 0 Å². The number of rotatable bonds is 4. The number of benzene rings is 1. The molecule has 0 aliphatic carbocycles. The summed E-state index contributed by atoms with van der Waals surface area (Å²) >= 11 is 0. The van der Waals surface area contributed by atoms with E-state index in [2.05, 4.69) is 22.7 Å². The van der Waals surface area contributed by atoms with Gasteiger partial charge >= 0.3 is 0 Å². The van der Waals surface area contributed by atoms with Gasteiger partial charge in [0.1, 0.15) is 5.75 Å². The van der Waals surface area contributed by atoms with E-state index in [0.29, 0.717) is 11.6 Å². The van der Waals surface area contributed by atoms with Gasteiger partial charge < -0.3 is 15.4 Å². The third kappa shape index (κ3) is 3.53. The Bertz CT molecular complexity index is 665. The van der Waals surface area contributed by atoms with Crippen LogP contribution in [0.4, 0.5) is 0 Å². The van der Waals surface area contributed by atoms with Crippen LogP contribution in [-0.4, -0.2) is 41.9 Å². The number of nitrogens with one attached hydrogen (secondary N) is 2. The summed E-state index contributed by atoms with van der Waals surface area (Å²) in [6.45, 7) is 3.99. The molecule has 23 heavy (non-hydrogen) atoms. The van der Waals surface area contributed by atoms with Gasteiger partial charge in [-0.1, -0.05) is 6.92 Å². The van der Waals surface area contributed by atoms with Gasteiger partial charge in [0, 0.05) is 18.8 Å².